The molecule has 1 N–H and O–H groups in total. The molecule has 1 heterocycles. The van der Waals surface area contributed by atoms with E-state index in [4.69, 9.17) is 21.1 Å². The Balaban J connectivity index is 2.35. The van der Waals surface area contributed by atoms with Crippen LogP contribution >= 0.6 is 11.6 Å². The maximum atomic E-state index is 13.8. The number of hydrogen-bond acceptors (Lipinski definition) is 3. The van der Waals surface area contributed by atoms with Crippen LogP contribution in [0.3, 0.4) is 0 Å². The summed E-state index contributed by atoms with van der Waals surface area (Å²) in [6.45, 7) is 1.03. The minimum Gasteiger partial charge on any atom is -0.492 e. The molecule has 1 aromatic rings. The summed E-state index contributed by atoms with van der Waals surface area (Å²) in [6.07, 6.45) is 3.04. The highest BCUT2D eigenvalue weighted by atomic mass is 35.5. The SMILES string of the molecule is COc1c(CC2CCCN2)cc(Cl)c(F)c1OC. The van der Waals surface area contributed by atoms with Gasteiger partial charge in [0.2, 0.25) is 0 Å². The molecule has 1 aliphatic heterocycles. The molecule has 1 unspecified atom stereocenters. The van der Waals surface area contributed by atoms with Gasteiger partial charge in [0.25, 0.3) is 0 Å². The van der Waals surface area contributed by atoms with Crippen LogP contribution in [-0.4, -0.2) is 26.8 Å². The lowest BCUT2D eigenvalue weighted by molar-refractivity contribution is 0.333. The predicted octanol–water partition coefficient (Wildman–Crippen LogP) is 2.79. The fourth-order valence-electron chi connectivity index (χ4n) is 2.39. The van der Waals surface area contributed by atoms with Crippen molar-refractivity contribution in [3.63, 3.8) is 0 Å². The van der Waals surface area contributed by atoms with Gasteiger partial charge in [-0.2, -0.15) is 0 Å². The smallest absolute Gasteiger partial charge is 0.198 e. The Bertz CT molecular complexity index is 433. The monoisotopic (exact) mass is 273 g/mol. The number of hydrogen-bond donors (Lipinski definition) is 1. The van der Waals surface area contributed by atoms with Gasteiger partial charge in [0.05, 0.1) is 19.2 Å². The van der Waals surface area contributed by atoms with E-state index in [-0.39, 0.29) is 10.8 Å². The van der Waals surface area contributed by atoms with Crippen molar-refractivity contribution in [3.05, 3.63) is 22.5 Å². The molecule has 1 aromatic carbocycles. The Morgan fingerprint density at radius 3 is 2.67 bits per heavy atom. The maximum absolute atomic E-state index is 13.8. The molecule has 0 saturated carbocycles. The van der Waals surface area contributed by atoms with E-state index >= 15 is 0 Å². The van der Waals surface area contributed by atoms with Crippen molar-refractivity contribution < 1.29 is 13.9 Å². The molecule has 1 atom stereocenters. The van der Waals surface area contributed by atoms with Gasteiger partial charge in [-0.25, -0.2) is 4.39 Å². The zero-order chi connectivity index (χ0) is 13.1. The zero-order valence-electron chi connectivity index (χ0n) is 10.6. The van der Waals surface area contributed by atoms with Crippen LogP contribution in [0, 0.1) is 5.82 Å². The highest BCUT2D eigenvalue weighted by Crippen LogP contribution is 2.38. The van der Waals surface area contributed by atoms with Gasteiger partial charge in [0.15, 0.2) is 17.3 Å². The minimum absolute atomic E-state index is 0.0700. The molecular formula is C13H17ClFNO2. The number of methoxy groups -OCH3 is 2. The van der Waals surface area contributed by atoms with Gasteiger partial charge in [-0.3, -0.25) is 0 Å². The molecule has 100 valence electrons. The summed E-state index contributed by atoms with van der Waals surface area (Å²) >= 11 is 5.88. The van der Waals surface area contributed by atoms with Gasteiger partial charge >= 0.3 is 0 Å². The van der Waals surface area contributed by atoms with Crippen molar-refractivity contribution in [1.29, 1.82) is 0 Å². The lowest BCUT2D eigenvalue weighted by atomic mass is 10.0. The second-order valence-corrected chi connectivity index (χ2v) is 4.80. The topological polar surface area (TPSA) is 30.5 Å². The van der Waals surface area contributed by atoms with E-state index in [1.165, 1.54) is 20.6 Å². The van der Waals surface area contributed by atoms with Gasteiger partial charge in [0, 0.05) is 11.6 Å². The summed E-state index contributed by atoms with van der Waals surface area (Å²) in [4.78, 5) is 0. The van der Waals surface area contributed by atoms with Crippen molar-refractivity contribution in [1.82, 2.24) is 5.32 Å². The predicted molar refractivity (Wildman–Crippen MR) is 69.2 cm³/mol. The maximum Gasteiger partial charge on any atom is 0.198 e. The molecule has 0 radical (unpaired) electrons. The number of ether oxygens (including phenoxy) is 2. The van der Waals surface area contributed by atoms with E-state index in [0.717, 1.165) is 24.9 Å². The van der Waals surface area contributed by atoms with Crippen LogP contribution in [0.4, 0.5) is 4.39 Å². The third-order valence-electron chi connectivity index (χ3n) is 3.24. The first-order chi connectivity index (χ1) is 8.67. The molecule has 2 rings (SSSR count). The molecule has 0 bridgehead atoms. The molecule has 5 heteroatoms. The van der Waals surface area contributed by atoms with E-state index in [1.807, 2.05) is 0 Å². The molecule has 1 saturated heterocycles. The third-order valence-corrected chi connectivity index (χ3v) is 3.52. The second-order valence-electron chi connectivity index (χ2n) is 4.40. The number of halogens is 2. The van der Waals surface area contributed by atoms with Crippen LogP contribution < -0.4 is 14.8 Å². The molecule has 1 aliphatic rings. The largest absolute Gasteiger partial charge is 0.492 e. The lowest BCUT2D eigenvalue weighted by Gasteiger charge is -2.17. The molecule has 0 aliphatic carbocycles. The van der Waals surface area contributed by atoms with Crippen LogP contribution in [0.1, 0.15) is 18.4 Å². The third kappa shape index (κ3) is 2.54. The fraction of sp³-hybridized carbons (Fsp3) is 0.538. The summed E-state index contributed by atoms with van der Waals surface area (Å²) in [5.74, 6) is -0.0507. The Hall–Kier alpha value is -1.00. The summed E-state index contributed by atoms with van der Waals surface area (Å²) in [5, 5.41) is 3.46. The van der Waals surface area contributed by atoms with Crippen LogP contribution in [0.2, 0.25) is 5.02 Å². The highest BCUT2D eigenvalue weighted by molar-refractivity contribution is 6.31. The van der Waals surface area contributed by atoms with Crippen LogP contribution in [-0.2, 0) is 6.42 Å². The molecule has 3 nitrogen and oxygen atoms in total. The quantitative estimate of drug-likeness (QED) is 0.915. The van der Waals surface area contributed by atoms with Crippen LogP contribution in [0.15, 0.2) is 6.07 Å². The minimum atomic E-state index is -0.570. The van der Waals surface area contributed by atoms with Crippen molar-refractivity contribution in [3.8, 4) is 11.5 Å². The summed E-state index contributed by atoms with van der Waals surface area (Å²) in [6, 6.07) is 2.02. The molecule has 0 aromatic heterocycles. The van der Waals surface area contributed by atoms with E-state index in [1.54, 1.807) is 6.07 Å². The Morgan fingerprint density at radius 2 is 2.11 bits per heavy atom. The highest BCUT2D eigenvalue weighted by Gasteiger charge is 2.22. The van der Waals surface area contributed by atoms with E-state index in [2.05, 4.69) is 5.32 Å². The van der Waals surface area contributed by atoms with Gasteiger partial charge in [-0.05, 0) is 31.9 Å². The van der Waals surface area contributed by atoms with Crippen LogP contribution in [0.25, 0.3) is 0 Å². The number of rotatable bonds is 4. The number of benzene rings is 1. The van der Waals surface area contributed by atoms with E-state index < -0.39 is 5.82 Å². The molecule has 0 spiro atoms. The zero-order valence-corrected chi connectivity index (χ0v) is 11.3. The van der Waals surface area contributed by atoms with E-state index in [0.29, 0.717) is 11.8 Å². The van der Waals surface area contributed by atoms with Gasteiger partial charge in [-0.15, -0.1) is 0 Å². The van der Waals surface area contributed by atoms with Gasteiger partial charge in [-0.1, -0.05) is 11.6 Å². The standard InChI is InChI=1S/C13H17ClFNO2/c1-17-12-8(6-9-4-3-5-16-9)7-10(14)11(15)13(12)18-2/h7,9,16H,3-6H2,1-2H3. The molecular weight excluding hydrogens is 257 g/mol. The normalized spacial score (nSPS) is 19.0. The Kier molecular flexibility index (Phi) is 4.30. The summed E-state index contributed by atoms with van der Waals surface area (Å²) in [5.41, 5.74) is 0.875. The van der Waals surface area contributed by atoms with Gasteiger partial charge in [0.1, 0.15) is 0 Å². The fourth-order valence-corrected chi connectivity index (χ4v) is 2.61. The summed E-state index contributed by atoms with van der Waals surface area (Å²) in [7, 11) is 2.92. The summed E-state index contributed by atoms with van der Waals surface area (Å²) < 4.78 is 24.1. The average Bonchev–Trinajstić information content (AvgIpc) is 2.86. The molecule has 1 fully saturated rings. The lowest BCUT2D eigenvalue weighted by Crippen LogP contribution is -2.24. The van der Waals surface area contributed by atoms with Crippen molar-refractivity contribution in [2.75, 3.05) is 20.8 Å². The van der Waals surface area contributed by atoms with Crippen molar-refractivity contribution in [2.45, 2.75) is 25.3 Å². The first kappa shape index (κ1) is 13.4. The van der Waals surface area contributed by atoms with Crippen LogP contribution in [0.5, 0.6) is 11.5 Å². The van der Waals surface area contributed by atoms with Crippen molar-refractivity contribution >= 4 is 11.6 Å². The molecule has 0 amide bonds. The van der Waals surface area contributed by atoms with E-state index in [9.17, 15) is 4.39 Å². The first-order valence-corrected chi connectivity index (χ1v) is 6.37. The first-order valence-electron chi connectivity index (χ1n) is 5.99. The number of nitrogens with one attached hydrogen (secondary N) is 1. The van der Waals surface area contributed by atoms with Gasteiger partial charge < -0.3 is 14.8 Å². The second kappa shape index (κ2) is 5.76. The Morgan fingerprint density at radius 1 is 1.39 bits per heavy atom. The molecule has 18 heavy (non-hydrogen) atoms. The average molecular weight is 274 g/mol. The van der Waals surface area contributed by atoms with Crippen molar-refractivity contribution in [2.24, 2.45) is 0 Å². The Labute approximate surface area is 111 Å².